The molecule has 0 radical (unpaired) electrons. The zero-order valence-electron chi connectivity index (χ0n) is 11.6. The number of hydrogen-bond donors (Lipinski definition) is 2. The molecule has 3 nitrogen and oxygen atoms in total. The Morgan fingerprint density at radius 1 is 1.16 bits per heavy atom. The van der Waals surface area contributed by atoms with Crippen LogP contribution in [0.15, 0.2) is 42.6 Å². The second kappa shape index (κ2) is 5.31. The molecule has 2 aromatic rings. The first-order valence-corrected chi connectivity index (χ1v) is 6.44. The number of aromatic nitrogens is 1. The molecule has 3 heteroatoms. The van der Waals surface area contributed by atoms with Crippen LogP contribution >= 0.6 is 0 Å². The fourth-order valence-corrected chi connectivity index (χ4v) is 1.83. The van der Waals surface area contributed by atoms with E-state index < -0.39 is 0 Å². The Morgan fingerprint density at radius 3 is 2.58 bits per heavy atom. The third-order valence-electron chi connectivity index (χ3n) is 3.05. The second-order valence-corrected chi connectivity index (χ2v) is 5.66. The quantitative estimate of drug-likeness (QED) is 0.823. The van der Waals surface area contributed by atoms with Crippen LogP contribution in [-0.2, 0) is 12.0 Å². The van der Waals surface area contributed by atoms with E-state index >= 15 is 0 Å². The maximum Gasteiger partial charge on any atom is 0.138 e. The summed E-state index contributed by atoms with van der Waals surface area (Å²) in [5, 5.41) is 13.1. The van der Waals surface area contributed by atoms with Crippen molar-refractivity contribution in [1.82, 2.24) is 4.98 Å². The molecule has 2 rings (SSSR count). The Hall–Kier alpha value is -2.03. The molecule has 0 aliphatic carbocycles. The molecule has 0 aliphatic heterocycles. The standard InChI is InChI=1S/C16H20N2O/c1-16(2,3)12-7-8-15(19)14(10-12)18-11-13-6-4-5-9-17-13/h4-10,18-19H,11H2,1-3H3. The molecule has 19 heavy (non-hydrogen) atoms. The average molecular weight is 256 g/mol. The van der Waals surface area contributed by atoms with Gasteiger partial charge in [-0.2, -0.15) is 0 Å². The van der Waals surface area contributed by atoms with Gasteiger partial charge < -0.3 is 10.4 Å². The molecule has 100 valence electrons. The SMILES string of the molecule is CC(C)(C)c1ccc(O)c(NCc2ccccn2)c1. The summed E-state index contributed by atoms with van der Waals surface area (Å²) >= 11 is 0. The Kier molecular flexibility index (Phi) is 3.74. The summed E-state index contributed by atoms with van der Waals surface area (Å²) in [6, 6.07) is 11.5. The van der Waals surface area contributed by atoms with Gasteiger partial charge in [-0.3, -0.25) is 4.98 Å². The van der Waals surface area contributed by atoms with Crippen molar-refractivity contribution >= 4 is 5.69 Å². The van der Waals surface area contributed by atoms with Gasteiger partial charge in [-0.15, -0.1) is 0 Å². The van der Waals surface area contributed by atoms with Crippen molar-refractivity contribution in [3.8, 4) is 5.75 Å². The van der Waals surface area contributed by atoms with E-state index in [9.17, 15) is 5.11 Å². The summed E-state index contributed by atoms with van der Waals surface area (Å²) < 4.78 is 0. The summed E-state index contributed by atoms with van der Waals surface area (Å²) in [4.78, 5) is 4.25. The molecule has 0 fully saturated rings. The number of pyridine rings is 1. The molecule has 1 aromatic carbocycles. The highest BCUT2D eigenvalue weighted by Crippen LogP contribution is 2.30. The highest BCUT2D eigenvalue weighted by molar-refractivity contribution is 5.58. The molecule has 2 N–H and O–H groups in total. The summed E-state index contributed by atoms with van der Waals surface area (Å²) in [7, 11) is 0. The van der Waals surface area contributed by atoms with Crippen LogP contribution in [0.5, 0.6) is 5.75 Å². The smallest absolute Gasteiger partial charge is 0.138 e. The molecular weight excluding hydrogens is 236 g/mol. The normalized spacial score (nSPS) is 11.3. The predicted octanol–water partition coefficient (Wildman–Crippen LogP) is 3.70. The number of aromatic hydroxyl groups is 1. The van der Waals surface area contributed by atoms with Gasteiger partial charge in [0.1, 0.15) is 5.75 Å². The first-order chi connectivity index (χ1) is 8.97. The summed E-state index contributed by atoms with van der Waals surface area (Å²) in [5.74, 6) is 0.268. The number of nitrogens with zero attached hydrogens (tertiary/aromatic N) is 1. The van der Waals surface area contributed by atoms with Crippen LogP contribution in [0.2, 0.25) is 0 Å². The van der Waals surface area contributed by atoms with Gasteiger partial charge in [-0.25, -0.2) is 0 Å². The minimum absolute atomic E-state index is 0.0646. The lowest BCUT2D eigenvalue weighted by Gasteiger charge is -2.20. The van der Waals surface area contributed by atoms with Gasteiger partial charge in [-0.1, -0.05) is 32.9 Å². The number of benzene rings is 1. The fourth-order valence-electron chi connectivity index (χ4n) is 1.83. The number of rotatable bonds is 3. The summed E-state index contributed by atoms with van der Waals surface area (Å²) in [6.07, 6.45) is 1.77. The van der Waals surface area contributed by atoms with Crippen LogP contribution < -0.4 is 5.32 Å². The van der Waals surface area contributed by atoms with Gasteiger partial charge >= 0.3 is 0 Å². The molecule has 0 amide bonds. The zero-order valence-corrected chi connectivity index (χ0v) is 11.6. The monoisotopic (exact) mass is 256 g/mol. The molecule has 0 unspecified atom stereocenters. The van der Waals surface area contributed by atoms with Crippen molar-refractivity contribution in [3.63, 3.8) is 0 Å². The van der Waals surface area contributed by atoms with Crippen molar-refractivity contribution in [1.29, 1.82) is 0 Å². The first kappa shape index (κ1) is 13.4. The summed E-state index contributed by atoms with van der Waals surface area (Å²) in [5.41, 5.74) is 2.95. The molecule has 1 heterocycles. The van der Waals surface area contributed by atoms with Crippen LogP contribution in [0, 0.1) is 0 Å². The largest absolute Gasteiger partial charge is 0.506 e. The second-order valence-electron chi connectivity index (χ2n) is 5.66. The van der Waals surface area contributed by atoms with E-state index in [1.165, 1.54) is 5.56 Å². The molecule has 1 aromatic heterocycles. The van der Waals surface area contributed by atoms with Crippen molar-refractivity contribution in [2.75, 3.05) is 5.32 Å². The molecule has 0 saturated carbocycles. The average Bonchev–Trinajstić information content (AvgIpc) is 2.37. The van der Waals surface area contributed by atoms with E-state index in [1.807, 2.05) is 30.3 Å². The maximum atomic E-state index is 9.90. The minimum atomic E-state index is 0.0646. The Morgan fingerprint density at radius 2 is 1.95 bits per heavy atom. The highest BCUT2D eigenvalue weighted by Gasteiger charge is 2.15. The number of phenolic OH excluding ortho intramolecular Hbond substituents is 1. The maximum absolute atomic E-state index is 9.90. The molecule has 0 aliphatic rings. The topological polar surface area (TPSA) is 45.1 Å². The minimum Gasteiger partial charge on any atom is -0.506 e. The van der Waals surface area contributed by atoms with E-state index in [-0.39, 0.29) is 11.2 Å². The molecule has 0 spiro atoms. The van der Waals surface area contributed by atoms with Crippen LogP contribution in [-0.4, -0.2) is 10.1 Å². The van der Waals surface area contributed by atoms with E-state index in [0.717, 1.165) is 11.4 Å². The van der Waals surface area contributed by atoms with Gasteiger partial charge in [0, 0.05) is 6.20 Å². The Bertz CT molecular complexity index is 544. The van der Waals surface area contributed by atoms with E-state index in [2.05, 4.69) is 31.1 Å². The van der Waals surface area contributed by atoms with Crippen molar-refractivity contribution < 1.29 is 5.11 Å². The lowest BCUT2D eigenvalue weighted by atomic mass is 9.87. The van der Waals surface area contributed by atoms with E-state index in [0.29, 0.717) is 6.54 Å². The van der Waals surface area contributed by atoms with Crippen molar-refractivity contribution in [2.45, 2.75) is 32.7 Å². The lowest BCUT2D eigenvalue weighted by Crippen LogP contribution is -2.11. The number of nitrogens with one attached hydrogen (secondary N) is 1. The van der Waals surface area contributed by atoms with E-state index in [1.54, 1.807) is 12.3 Å². The van der Waals surface area contributed by atoms with Gasteiger partial charge in [0.15, 0.2) is 0 Å². The molecule has 0 saturated heterocycles. The van der Waals surface area contributed by atoms with Crippen molar-refractivity contribution in [2.24, 2.45) is 0 Å². The third-order valence-corrected chi connectivity index (χ3v) is 3.05. The molecular formula is C16H20N2O. The van der Waals surface area contributed by atoms with Crippen molar-refractivity contribution in [3.05, 3.63) is 53.9 Å². The third kappa shape index (κ3) is 3.47. The van der Waals surface area contributed by atoms with Gasteiger partial charge in [0.05, 0.1) is 17.9 Å². The molecule has 0 bridgehead atoms. The van der Waals surface area contributed by atoms with Gasteiger partial charge in [-0.05, 0) is 35.2 Å². The predicted molar refractivity (Wildman–Crippen MR) is 78.4 cm³/mol. The zero-order chi connectivity index (χ0) is 13.9. The Balaban J connectivity index is 2.16. The highest BCUT2D eigenvalue weighted by atomic mass is 16.3. The lowest BCUT2D eigenvalue weighted by molar-refractivity contribution is 0.476. The summed E-state index contributed by atoms with van der Waals surface area (Å²) in [6.45, 7) is 7.06. The molecule has 0 atom stereocenters. The number of phenols is 1. The number of hydrogen-bond acceptors (Lipinski definition) is 3. The van der Waals surface area contributed by atoms with E-state index in [4.69, 9.17) is 0 Å². The Labute approximate surface area is 114 Å². The van der Waals surface area contributed by atoms with Crippen LogP contribution in [0.25, 0.3) is 0 Å². The van der Waals surface area contributed by atoms with Crippen LogP contribution in [0.4, 0.5) is 5.69 Å². The van der Waals surface area contributed by atoms with Gasteiger partial charge in [0.25, 0.3) is 0 Å². The van der Waals surface area contributed by atoms with Crippen LogP contribution in [0.3, 0.4) is 0 Å². The first-order valence-electron chi connectivity index (χ1n) is 6.44. The fraction of sp³-hybridized carbons (Fsp3) is 0.312. The van der Waals surface area contributed by atoms with Gasteiger partial charge in [0.2, 0.25) is 0 Å². The van der Waals surface area contributed by atoms with Crippen LogP contribution in [0.1, 0.15) is 32.0 Å². The number of anilines is 1.